The fourth-order valence-electron chi connectivity index (χ4n) is 3.55. The molecule has 0 radical (unpaired) electrons. The van der Waals surface area contributed by atoms with Gasteiger partial charge in [0.05, 0.1) is 27.0 Å². The van der Waals surface area contributed by atoms with Crippen LogP contribution in [0, 0.1) is 0 Å². The van der Waals surface area contributed by atoms with E-state index in [0.29, 0.717) is 6.54 Å². The van der Waals surface area contributed by atoms with E-state index < -0.39 is 0 Å². The minimum absolute atomic E-state index is 0. The third kappa shape index (κ3) is 5.62. The second-order valence-corrected chi connectivity index (χ2v) is 6.74. The summed E-state index contributed by atoms with van der Waals surface area (Å²) in [4.78, 5) is 9.11. The molecule has 0 saturated carbocycles. The topological polar surface area (TPSA) is 58.6 Å². The van der Waals surface area contributed by atoms with Gasteiger partial charge >= 0.3 is 0 Å². The van der Waals surface area contributed by atoms with Crippen LogP contribution in [0.5, 0.6) is 17.2 Å². The van der Waals surface area contributed by atoms with Crippen molar-refractivity contribution < 1.29 is 14.2 Å². The van der Waals surface area contributed by atoms with Gasteiger partial charge in [0.25, 0.3) is 0 Å². The standard InChI is InChI=1S/C22H30N4O3.HI/c1-23-22(24-16-17-9-10-20(28-3)21(15-17)29-4)26-13-11-25(12-14-26)18-7-5-6-8-19(18)27-2;/h5-10,15H,11-14,16H2,1-4H3,(H,23,24);1H. The zero-order valence-electron chi connectivity index (χ0n) is 18.1. The van der Waals surface area contributed by atoms with Crippen LogP contribution >= 0.6 is 24.0 Å². The van der Waals surface area contributed by atoms with E-state index in [1.165, 1.54) is 0 Å². The Balaban J connectivity index is 0.00000320. The molecule has 1 N–H and O–H groups in total. The van der Waals surface area contributed by atoms with Crippen molar-refractivity contribution in [3.05, 3.63) is 48.0 Å². The van der Waals surface area contributed by atoms with Crippen molar-refractivity contribution in [2.45, 2.75) is 6.54 Å². The predicted molar refractivity (Wildman–Crippen MR) is 132 cm³/mol. The molecule has 1 heterocycles. The van der Waals surface area contributed by atoms with Gasteiger partial charge in [-0.2, -0.15) is 0 Å². The fraction of sp³-hybridized carbons (Fsp3) is 0.409. The molecule has 1 aliphatic rings. The first kappa shape index (κ1) is 23.9. The molecular formula is C22H31IN4O3. The number of anilines is 1. The maximum absolute atomic E-state index is 5.51. The number of methoxy groups -OCH3 is 3. The zero-order chi connectivity index (χ0) is 20.6. The lowest BCUT2D eigenvalue weighted by Crippen LogP contribution is -2.52. The summed E-state index contributed by atoms with van der Waals surface area (Å²) >= 11 is 0. The second kappa shape index (κ2) is 11.7. The molecule has 0 aliphatic carbocycles. The molecule has 0 bridgehead atoms. The van der Waals surface area contributed by atoms with Gasteiger partial charge in [0.2, 0.25) is 0 Å². The summed E-state index contributed by atoms with van der Waals surface area (Å²) in [5, 5.41) is 3.46. The largest absolute Gasteiger partial charge is 0.495 e. The molecule has 3 rings (SSSR count). The highest BCUT2D eigenvalue weighted by Crippen LogP contribution is 2.29. The van der Waals surface area contributed by atoms with Gasteiger partial charge in [-0.25, -0.2) is 0 Å². The fourth-order valence-corrected chi connectivity index (χ4v) is 3.55. The first-order chi connectivity index (χ1) is 14.2. The molecule has 1 saturated heterocycles. The highest BCUT2D eigenvalue weighted by molar-refractivity contribution is 14.0. The van der Waals surface area contributed by atoms with E-state index in [1.807, 2.05) is 43.4 Å². The molecule has 1 aliphatic heterocycles. The van der Waals surface area contributed by atoms with E-state index in [1.54, 1.807) is 21.3 Å². The Labute approximate surface area is 196 Å². The van der Waals surface area contributed by atoms with Gasteiger partial charge in [-0.1, -0.05) is 18.2 Å². The molecule has 1 fully saturated rings. The first-order valence-corrected chi connectivity index (χ1v) is 9.74. The number of nitrogens with zero attached hydrogens (tertiary/aromatic N) is 3. The second-order valence-electron chi connectivity index (χ2n) is 6.74. The number of hydrogen-bond donors (Lipinski definition) is 1. The van der Waals surface area contributed by atoms with Gasteiger partial charge in [0.15, 0.2) is 17.5 Å². The minimum Gasteiger partial charge on any atom is -0.495 e. The van der Waals surface area contributed by atoms with Gasteiger partial charge in [0.1, 0.15) is 5.75 Å². The van der Waals surface area contributed by atoms with Crippen LogP contribution in [0.25, 0.3) is 0 Å². The van der Waals surface area contributed by atoms with Gasteiger partial charge in [-0.3, -0.25) is 4.99 Å². The smallest absolute Gasteiger partial charge is 0.194 e. The summed E-state index contributed by atoms with van der Waals surface area (Å²) in [5.41, 5.74) is 2.25. The lowest BCUT2D eigenvalue weighted by molar-refractivity contribution is 0.354. The number of piperazine rings is 1. The Kier molecular flexibility index (Phi) is 9.35. The van der Waals surface area contributed by atoms with Crippen LogP contribution in [0.3, 0.4) is 0 Å². The Morgan fingerprint density at radius 1 is 0.900 bits per heavy atom. The maximum Gasteiger partial charge on any atom is 0.194 e. The number of benzene rings is 2. The Morgan fingerprint density at radius 3 is 2.20 bits per heavy atom. The Morgan fingerprint density at radius 2 is 1.57 bits per heavy atom. The minimum atomic E-state index is 0. The van der Waals surface area contributed by atoms with Crippen LogP contribution in [0.2, 0.25) is 0 Å². The molecule has 2 aromatic rings. The number of guanidine groups is 1. The van der Waals surface area contributed by atoms with E-state index in [2.05, 4.69) is 26.2 Å². The summed E-state index contributed by atoms with van der Waals surface area (Å²) in [5.74, 6) is 3.27. The average molecular weight is 526 g/mol. The van der Waals surface area contributed by atoms with Gasteiger partial charge in [-0.15, -0.1) is 24.0 Å². The monoisotopic (exact) mass is 526 g/mol. The summed E-state index contributed by atoms with van der Waals surface area (Å²) in [6.07, 6.45) is 0. The molecule has 164 valence electrons. The molecule has 0 aromatic heterocycles. The van der Waals surface area contributed by atoms with Gasteiger partial charge in [-0.05, 0) is 29.8 Å². The van der Waals surface area contributed by atoms with Crippen LogP contribution in [0.1, 0.15) is 5.56 Å². The van der Waals surface area contributed by atoms with Crippen molar-refractivity contribution in [2.75, 3.05) is 59.5 Å². The van der Waals surface area contributed by atoms with Crippen molar-refractivity contribution >= 4 is 35.6 Å². The number of rotatable bonds is 6. The lowest BCUT2D eigenvalue weighted by Gasteiger charge is -2.38. The van der Waals surface area contributed by atoms with Crippen molar-refractivity contribution in [3.8, 4) is 17.2 Å². The van der Waals surface area contributed by atoms with Crippen LogP contribution in [0.15, 0.2) is 47.5 Å². The van der Waals surface area contributed by atoms with Crippen molar-refractivity contribution in [1.29, 1.82) is 0 Å². The zero-order valence-corrected chi connectivity index (χ0v) is 20.4. The van der Waals surface area contributed by atoms with E-state index in [4.69, 9.17) is 14.2 Å². The summed E-state index contributed by atoms with van der Waals surface area (Å²) in [6.45, 7) is 4.28. The summed E-state index contributed by atoms with van der Waals surface area (Å²) in [7, 11) is 6.83. The molecule has 0 amide bonds. The normalized spacial score (nSPS) is 14.1. The molecule has 0 atom stereocenters. The van der Waals surface area contributed by atoms with Crippen LogP contribution in [0.4, 0.5) is 5.69 Å². The maximum atomic E-state index is 5.51. The van der Waals surface area contributed by atoms with E-state index in [9.17, 15) is 0 Å². The predicted octanol–water partition coefficient (Wildman–Crippen LogP) is 3.23. The van der Waals surface area contributed by atoms with Crippen LogP contribution in [-0.4, -0.2) is 65.4 Å². The number of hydrogen-bond acceptors (Lipinski definition) is 5. The molecule has 30 heavy (non-hydrogen) atoms. The van der Waals surface area contributed by atoms with E-state index in [0.717, 1.165) is 60.6 Å². The summed E-state index contributed by atoms with van der Waals surface area (Å²) in [6, 6.07) is 14.1. The average Bonchev–Trinajstić information content (AvgIpc) is 2.79. The Bertz CT molecular complexity index is 839. The van der Waals surface area contributed by atoms with Crippen molar-refractivity contribution in [1.82, 2.24) is 10.2 Å². The van der Waals surface area contributed by atoms with Gasteiger partial charge < -0.3 is 29.3 Å². The molecular weight excluding hydrogens is 495 g/mol. The third-order valence-corrected chi connectivity index (χ3v) is 5.12. The lowest BCUT2D eigenvalue weighted by atomic mass is 10.2. The number of para-hydroxylation sites is 2. The highest BCUT2D eigenvalue weighted by atomic mass is 127. The number of nitrogens with one attached hydrogen (secondary N) is 1. The molecule has 7 nitrogen and oxygen atoms in total. The molecule has 2 aromatic carbocycles. The van der Waals surface area contributed by atoms with E-state index >= 15 is 0 Å². The SMILES string of the molecule is CN=C(NCc1ccc(OC)c(OC)c1)N1CCN(c2ccccc2OC)CC1.I. The van der Waals surface area contributed by atoms with Crippen LogP contribution < -0.4 is 24.4 Å². The van der Waals surface area contributed by atoms with Crippen LogP contribution in [-0.2, 0) is 6.54 Å². The number of halogens is 1. The molecule has 0 spiro atoms. The van der Waals surface area contributed by atoms with Crippen molar-refractivity contribution in [2.24, 2.45) is 4.99 Å². The quantitative estimate of drug-likeness (QED) is 0.355. The van der Waals surface area contributed by atoms with E-state index in [-0.39, 0.29) is 24.0 Å². The molecule has 8 heteroatoms. The third-order valence-electron chi connectivity index (χ3n) is 5.12. The van der Waals surface area contributed by atoms with Gasteiger partial charge in [0, 0.05) is 39.8 Å². The number of aliphatic imine (C=N–C) groups is 1. The summed E-state index contributed by atoms with van der Waals surface area (Å²) < 4.78 is 16.2. The number of ether oxygens (including phenoxy) is 3. The Hall–Kier alpha value is -2.36. The highest BCUT2D eigenvalue weighted by Gasteiger charge is 2.21. The first-order valence-electron chi connectivity index (χ1n) is 9.74. The van der Waals surface area contributed by atoms with Crippen molar-refractivity contribution in [3.63, 3.8) is 0 Å². The molecule has 0 unspecified atom stereocenters.